The van der Waals surface area contributed by atoms with Crippen LogP contribution < -0.4 is 5.32 Å². The summed E-state index contributed by atoms with van der Waals surface area (Å²) in [6.07, 6.45) is 7.32. The lowest BCUT2D eigenvalue weighted by Gasteiger charge is -2.20. The minimum atomic E-state index is 0.885. The van der Waals surface area contributed by atoms with E-state index in [1.165, 1.54) is 38.6 Å². The molecule has 0 aromatic heterocycles. The summed E-state index contributed by atoms with van der Waals surface area (Å²) in [5, 5.41) is 3.51. The predicted octanol–water partition coefficient (Wildman–Crippen LogP) is 3.45. The highest BCUT2D eigenvalue weighted by atomic mass is 14.8. The summed E-state index contributed by atoms with van der Waals surface area (Å²) >= 11 is 0. The Balaban J connectivity index is 2.21. The van der Waals surface area contributed by atoms with E-state index in [0.717, 1.165) is 24.3 Å². The first kappa shape index (κ1) is 12.0. The maximum atomic E-state index is 3.51. The largest absolute Gasteiger partial charge is 0.317 e. The van der Waals surface area contributed by atoms with Crippen LogP contribution in [0.15, 0.2) is 0 Å². The Morgan fingerprint density at radius 3 is 2.57 bits per heavy atom. The molecule has 0 aliphatic heterocycles. The lowest BCUT2D eigenvalue weighted by molar-refractivity contribution is 0.326. The van der Waals surface area contributed by atoms with E-state index >= 15 is 0 Å². The zero-order valence-corrected chi connectivity index (χ0v) is 10.2. The summed E-state index contributed by atoms with van der Waals surface area (Å²) in [6.45, 7) is 9.28. The van der Waals surface area contributed by atoms with Gasteiger partial charge in [-0.15, -0.1) is 0 Å². The van der Waals surface area contributed by atoms with E-state index in [4.69, 9.17) is 0 Å². The normalized spacial score (nSPS) is 27.4. The first-order valence-corrected chi connectivity index (χ1v) is 6.44. The van der Waals surface area contributed by atoms with Crippen LogP contribution >= 0.6 is 0 Å². The van der Waals surface area contributed by atoms with Crippen molar-refractivity contribution in [2.75, 3.05) is 13.1 Å². The van der Waals surface area contributed by atoms with Gasteiger partial charge in [-0.05, 0) is 43.7 Å². The van der Waals surface area contributed by atoms with E-state index in [0.29, 0.717) is 0 Å². The third-order valence-corrected chi connectivity index (χ3v) is 3.59. The fourth-order valence-electron chi connectivity index (χ4n) is 2.64. The number of hydrogen-bond donors (Lipinski definition) is 1. The molecule has 14 heavy (non-hydrogen) atoms. The fraction of sp³-hybridized carbons (Fsp3) is 1.00. The lowest BCUT2D eigenvalue weighted by Crippen LogP contribution is -2.25. The van der Waals surface area contributed by atoms with Crippen molar-refractivity contribution in [2.24, 2.45) is 17.8 Å². The molecule has 0 radical (unpaired) electrons. The van der Waals surface area contributed by atoms with Crippen molar-refractivity contribution in [1.82, 2.24) is 5.32 Å². The molecule has 2 unspecified atom stereocenters. The van der Waals surface area contributed by atoms with Gasteiger partial charge < -0.3 is 5.32 Å². The predicted molar refractivity (Wildman–Crippen MR) is 63.4 cm³/mol. The Kier molecular flexibility index (Phi) is 5.54. The van der Waals surface area contributed by atoms with Gasteiger partial charge >= 0.3 is 0 Å². The monoisotopic (exact) mass is 197 g/mol. The molecule has 1 heteroatoms. The molecule has 0 bridgehead atoms. The Morgan fingerprint density at radius 2 is 1.93 bits per heavy atom. The van der Waals surface area contributed by atoms with Crippen molar-refractivity contribution in [3.05, 3.63) is 0 Å². The third kappa shape index (κ3) is 4.00. The van der Waals surface area contributed by atoms with E-state index in [-0.39, 0.29) is 0 Å². The van der Waals surface area contributed by atoms with Crippen molar-refractivity contribution < 1.29 is 0 Å². The maximum absolute atomic E-state index is 3.51. The molecule has 1 N–H and O–H groups in total. The molecule has 0 spiro atoms. The van der Waals surface area contributed by atoms with E-state index in [1.54, 1.807) is 0 Å². The summed E-state index contributed by atoms with van der Waals surface area (Å²) in [5.41, 5.74) is 0. The maximum Gasteiger partial charge on any atom is -0.00180 e. The zero-order valence-electron chi connectivity index (χ0n) is 10.2. The van der Waals surface area contributed by atoms with Gasteiger partial charge in [0.15, 0.2) is 0 Å². The van der Waals surface area contributed by atoms with Crippen molar-refractivity contribution in [3.8, 4) is 0 Å². The molecule has 1 rings (SSSR count). The topological polar surface area (TPSA) is 12.0 Å². The Bertz CT molecular complexity index is 142. The smallest absolute Gasteiger partial charge is 0.00180 e. The van der Waals surface area contributed by atoms with Gasteiger partial charge in [-0.3, -0.25) is 0 Å². The number of nitrogens with one attached hydrogen (secondary N) is 1. The molecular weight excluding hydrogens is 170 g/mol. The molecule has 1 fully saturated rings. The van der Waals surface area contributed by atoms with Gasteiger partial charge in [0, 0.05) is 0 Å². The van der Waals surface area contributed by atoms with Crippen LogP contribution in [-0.2, 0) is 0 Å². The van der Waals surface area contributed by atoms with Crippen LogP contribution in [0, 0.1) is 17.8 Å². The second-order valence-corrected chi connectivity index (χ2v) is 5.23. The average molecular weight is 197 g/mol. The fourth-order valence-corrected chi connectivity index (χ4v) is 2.64. The van der Waals surface area contributed by atoms with E-state index < -0.39 is 0 Å². The van der Waals surface area contributed by atoms with Gasteiger partial charge in [0.05, 0.1) is 0 Å². The Morgan fingerprint density at radius 1 is 1.21 bits per heavy atom. The van der Waals surface area contributed by atoms with Crippen molar-refractivity contribution >= 4 is 0 Å². The highest BCUT2D eigenvalue weighted by molar-refractivity contribution is 4.79. The van der Waals surface area contributed by atoms with Crippen LogP contribution in [0.1, 0.15) is 52.9 Å². The van der Waals surface area contributed by atoms with Gasteiger partial charge in [-0.1, -0.05) is 40.0 Å². The number of hydrogen-bond acceptors (Lipinski definition) is 1. The molecule has 0 aromatic carbocycles. The second kappa shape index (κ2) is 6.44. The van der Waals surface area contributed by atoms with Crippen LogP contribution in [0.3, 0.4) is 0 Å². The molecule has 1 aliphatic rings. The summed E-state index contributed by atoms with van der Waals surface area (Å²) < 4.78 is 0. The van der Waals surface area contributed by atoms with Gasteiger partial charge in [0.1, 0.15) is 0 Å². The highest BCUT2D eigenvalue weighted by Gasteiger charge is 2.26. The van der Waals surface area contributed by atoms with Crippen LogP contribution in [0.4, 0.5) is 0 Å². The van der Waals surface area contributed by atoms with Crippen LogP contribution in [0.2, 0.25) is 0 Å². The van der Waals surface area contributed by atoms with Gasteiger partial charge in [0.2, 0.25) is 0 Å². The standard InChI is InChI=1S/C13H27N/c1-4-14-10-13-7-5-6-12(13)9-8-11(2)3/h11-14H,4-10H2,1-3H3. The van der Waals surface area contributed by atoms with E-state index in [2.05, 4.69) is 26.1 Å². The quantitative estimate of drug-likeness (QED) is 0.687. The molecule has 0 saturated heterocycles. The molecule has 0 aromatic rings. The van der Waals surface area contributed by atoms with Gasteiger partial charge in [0.25, 0.3) is 0 Å². The van der Waals surface area contributed by atoms with Crippen LogP contribution in [0.25, 0.3) is 0 Å². The Hall–Kier alpha value is -0.0400. The van der Waals surface area contributed by atoms with Crippen molar-refractivity contribution in [1.29, 1.82) is 0 Å². The molecule has 1 aliphatic carbocycles. The molecule has 1 nitrogen and oxygen atoms in total. The molecule has 0 heterocycles. The molecule has 1 saturated carbocycles. The molecule has 0 amide bonds. The van der Waals surface area contributed by atoms with Crippen molar-refractivity contribution in [3.63, 3.8) is 0 Å². The average Bonchev–Trinajstić information content (AvgIpc) is 2.58. The summed E-state index contributed by atoms with van der Waals surface area (Å²) in [5.74, 6) is 2.89. The van der Waals surface area contributed by atoms with Crippen molar-refractivity contribution in [2.45, 2.75) is 52.9 Å². The first-order chi connectivity index (χ1) is 6.74. The lowest BCUT2D eigenvalue weighted by atomic mass is 9.89. The third-order valence-electron chi connectivity index (χ3n) is 3.59. The first-order valence-electron chi connectivity index (χ1n) is 6.44. The van der Waals surface area contributed by atoms with Crippen LogP contribution in [0.5, 0.6) is 0 Å². The van der Waals surface area contributed by atoms with E-state index in [9.17, 15) is 0 Å². The summed E-state index contributed by atoms with van der Waals surface area (Å²) in [4.78, 5) is 0. The molecule has 84 valence electrons. The van der Waals surface area contributed by atoms with Gasteiger partial charge in [-0.25, -0.2) is 0 Å². The minimum Gasteiger partial charge on any atom is -0.317 e. The summed E-state index contributed by atoms with van der Waals surface area (Å²) in [6, 6.07) is 0. The molecule has 2 atom stereocenters. The Labute approximate surface area is 89.7 Å². The second-order valence-electron chi connectivity index (χ2n) is 5.23. The zero-order chi connectivity index (χ0) is 10.4. The highest BCUT2D eigenvalue weighted by Crippen LogP contribution is 2.35. The molecular formula is C13H27N. The van der Waals surface area contributed by atoms with Crippen LogP contribution in [-0.4, -0.2) is 13.1 Å². The van der Waals surface area contributed by atoms with Gasteiger partial charge in [-0.2, -0.15) is 0 Å². The number of rotatable bonds is 6. The van der Waals surface area contributed by atoms with E-state index in [1.807, 2.05) is 0 Å². The summed E-state index contributed by atoms with van der Waals surface area (Å²) in [7, 11) is 0. The SMILES string of the molecule is CCNCC1CCCC1CCC(C)C. The minimum absolute atomic E-state index is 0.885.